The molecule has 3 nitrogen and oxygen atoms in total. The summed E-state index contributed by atoms with van der Waals surface area (Å²) in [5, 5.41) is 10.5. The molecular formula is C18H17FN2O. The fraction of sp³-hybridized carbons (Fsp3) is 0.167. The standard InChI is InChI=1S/C18H17FN2O/c1-12-5-3-4-6-14(12)15-9-13(7-8-16(15)19)18(22)17-10-20-11-21(17)2/h3-11,18,22H,1-2H3/t18-/m1/s1. The Labute approximate surface area is 128 Å². The van der Waals surface area contributed by atoms with E-state index in [2.05, 4.69) is 4.98 Å². The van der Waals surface area contributed by atoms with Gasteiger partial charge in [-0.25, -0.2) is 9.37 Å². The van der Waals surface area contributed by atoms with E-state index in [9.17, 15) is 9.50 Å². The van der Waals surface area contributed by atoms with E-state index < -0.39 is 6.10 Å². The lowest BCUT2D eigenvalue weighted by atomic mass is 9.96. The molecule has 0 unspecified atom stereocenters. The molecule has 0 saturated heterocycles. The highest BCUT2D eigenvalue weighted by Crippen LogP contribution is 2.30. The lowest BCUT2D eigenvalue weighted by molar-refractivity contribution is 0.211. The number of benzene rings is 2. The summed E-state index contributed by atoms with van der Waals surface area (Å²) in [7, 11) is 1.82. The minimum Gasteiger partial charge on any atom is -0.382 e. The summed E-state index contributed by atoms with van der Waals surface area (Å²) in [4.78, 5) is 4.01. The maximum atomic E-state index is 14.2. The number of aliphatic hydroxyl groups excluding tert-OH is 1. The van der Waals surface area contributed by atoms with Crippen LogP contribution in [0.2, 0.25) is 0 Å². The Bertz CT molecular complexity index is 810. The molecule has 0 aliphatic heterocycles. The van der Waals surface area contributed by atoms with Gasteiger partial charge in [-0.3, -0.25) is 0 Å². The van der Waals surface area contributed by atoms with Crippen molar-refractivity contribution in [2.24, 2.45) is 7.05 Å². The van der Waals surface area contributed by atoms with Crippen molar-refractivity contribution in [3.63, 3.8) is 0 Å². The number of aromatic nitrogens is 2. The predicted octanol–water partition coefficient (Wildman–Crippen LogP) is 3.62. The number of rotatable bonds is 3. The normalized spacial score (nSPS) is 12.4. The molecule has 0 spiro atoms. The largest absolute Gasteiger partial charge is 0.382 e. The number of aryl methyl sites for hydroxylation is 2. The number of imidazole rings is 1. The molecule has 4 heteroatoms. The topological polar surface area (TPSA) is 38.1 Å². The summed E-state index contributed by atoms with van der Waals surface area (Å²) in [6.45, 7) is 1.94. The molecule has 2 aromatic carbocycles. The highest BCUT2D eigenvalue weighted by atomic mass is 19.1. The molecule has 0 saturated carbocycles. The van der Waals surface area contributed by atoms with Gasteiger partial charge in [0.1, 0.15) is 11.9 Å². The predicted molar refractivity (Wildman–Crippen MR) is 83.8 cm³/mol. The molecule has 0 fully saturated rings. The zero-order chi connectivity index (χ0) is 15.7. The number of aliphatic hydroxyl groups is 1. The maximum Gasteiger partial charge on any atom is 0.131 e. The molecule has 0 amide bonds. The molecule has 1 heterocycles. The van der Waals surface area contributed by atoms with Crippen LogP contribution in [-0.2, 0) is 7.05 Å². The van der Waals surface area contributed by atoms with E-state index in [0.29, 0.717) is 16.8 Å². The van der Waals surface area contributed by atoms with E-state index in [4.69, 9.17) is 0 Å². The number of halogens is 1. The van der Waals surface area contributed by atoms with Gasteiger partial charge < -0.3 is 9.67 Å². The van der Waals surface area contributed by atoms with Crippen molar-refractivity contribution in [2.75, 3.05) is 0 Å². The van der Waals surface area contributed by atoms with Crippen molar-refractivity contribution in [1.29, 1.82) is 0 Å². The van der Waals surface area contributed by atoms with Crippen LogP contribution in [0.5, 0.6) is 0 Å². The highest BCUT2D eigenvalue weighted by Gasteiger charge is 2.17. The Kier molecular flexibility index (Phi) is 3.77. The Hall–Kier alpha value is -2.46. The Balaban J connectivity index is 2.08. The van der Waals surface area contributed by atoms with Crippen LogP contribution in [0.25, 0.3) is 11.1 Å². The molecule has 0 radical (unpaired) electrons. The summed E-state index contributed by atoms with van der Waals surface area (Å²) in [6.07, 6.45) is 2.40. The first-order chi connectivity index (χ1) is 10.6. The molecular weight excluding hydrogens is 279 g/mol. The summed E-state index contributed by atoms with van der Waals surface area (Å²) in [5.74, 6) is -0.296. The van der Waals surface area contributed by atoms with Gasteiger partial charge >= 0.3 is 0 Å². The average Bonchev–Trinajstić information content (AvgIpc) is 2.94. The van der Waals surface area contributed by atoms with E-state index in [1.807, 2.05) is 38.2 Å². The van der Waals surface area contributed by atoms with Gasteiger partial charge in [0.25, 0.3) is 0 Å². The number of hydrogen-bond donors (Lipinski definition) is 1. The van der Waals surface area contributed by atoms with Crippen LogP contribution in [-0.4, -0.2) is 14.7 Å². The summed E-state index contributed by atoms with van der Waals surface area (Å²) >= 11 is 0. The average molecular weight is 296 g/mol. The van der Waals surface area contributed by atoms with Gasteiger partial charge in [-0.15, -0.1) is 0 Å². The zero-order valence-electron chi connectivity index (χ0n) is 12.5. The lowest BCUT2D eigenvalue weighted by Gasteiger charge is -2.14. The Morgan fingerprint density at radius 2 is 1.91 bits per heavy atom. The summed E-state index contributed by atoms with van der Waals surface area (Å²) in [5.41, 5.74) is 3.63. The van der Waals surface area contributed by atoms with Crippen LogP contribution in [0, 0.1) is 12.7 Å². The molecule has 0 bridgehead atoms. The van der Waals surface area contributed by atoms with Gasteiger partial charge in [-0.2, -0.15) is 0 Å². The SMILES string of the molecule is Cc1ccccc1-c1cc([C@@H](O)c2cncn2C)ccc1F. The smallest absolute Gasteiger partial charge is 0.131 e. The fourth-order valence-electron chi connectivity index (χ4n) is 2.60. The molecule has 3 rings (SSSR count). The molecule has 22 heavy (non-hydrogen) atoms. The van der Waals surface area contributed by atoms with Crippen molar-refractivity contribution < 1.29 is 9.50 Å². The number of nitrogens with zero attached hydrogens (tertiary/aromatic N) is 2. The minimum atomic E-state index is -0.837. The molecule has 112 valence electrons. The summed E-state index contributed by atoms with van der Waals surface area (Å²) in [6, 6.07) is 12.3. The van der Waals surface area contributed by atoms with Crippen molar-refractivity contribution in [3.05, 3.63) is 77.6 Å². The van der Waals surface area contributed by atoms with Crippen molar-refractivity contribution in [1.82, 2.24) is 9.55 Å². The first kappa shape index (κ1) is 14.5. The van der Waals surface area contributed by atoms with E-state index in [-0.39, 0.29) is 5.82 Å². The molecule has 1 N–H and O–H groups in total. The molecule has 0 aliphatic carbocycles. The second-order valence-electron chi connectivity index (χ2n) is 5.39. The van der Waals surface area contributed by atoms with Crippen molar-refractivity contribution in [3.8, 4) is 11.1 Å². The Morgan fingerprint density at radius 1 is 1.14 bits per heavy atom. The Morgan fingerprint density at radius 3 is 2.59 bits per heavy atom. The molecule has 1 aromatic heterocycles. The van der Waals surface area contributed by atoms with E-state index in [0.717, 1.165) is 11.1 Å². The third-order valence-electron chi connectivity index (χ3n) is 3.88. The highest BCUT2D eigenvalue weighted by molar-refractivity contribution is 5.68. The zero-order valence-corrected chi connectivity index (χ0v) is 12.5. The second-order valence-corrected chi connectivity index (χ2v) is 5.39. The van der Waals surface area contributed by atoms with Gasteiger partial charge in [0.05, 0.1) is 18.2 Å². The monoisotopic (exact) mass is 296 g/mol. The first-order valence-corrected chi connectivity index (χ1v) is 7.07. The summed E-state index contributed by atoms with van der Waals surface area (Å²) < 4.78 is 16.0. The van der Waals surface area contributed by atoms with E-state index >= 15 is 0 Å². The van der Waals surface area contributed by atoms with Gasteiger partial charge in [0.15, 0.2) is 0 Å². The van der Waals surface area contributed by atoms with Crippen molar-refractivity contribution in [2.45, 2.75) is 13.0 Å². The molecule has 0 aliphatic rings. The third kappa shape index (κ3) is 2.53. The molecule has 1 atom stereocenters. The van der Waals surface area contributed by atoms with Gasteiger partial charge in [-0.05, 0) is 35.7 Å². The van der Waals surface area contributed by atoms with Crippen molar-refractivity contribution >= 4 is 0 Å². The third-order valence-corrected chi connectivity index (χ3v) is 3.88. The van der Waals surface area contributed by atoms with Crippen LogP contribution in [0.3, 0.4) is 0 Å². The maximum absolute atomic E-state index is 14.2. The van der Waals surface area contributed by atoms with E-state index in [1.54, 1.807) is 29.2 Å². The number of hydrogen-bond acceptors (Lipinski definition) is 2. The van der Waals surface area contributed by atoms with Crippen LogP contribution < -0.4 is 0 Å². The minimum absolute atomic E-state index is 0.296. The van der Waals surface area contributed by atoms with Crippen LogP contribution >= 0.6 is 0 Å². The lowest BCUT2D eigenvalue weighted by Crippen LogP contribution is -2.05. The second kappa shape index (κ2) is 5.73. The van der Waals surface area contributed by atoms with Gasteiger partial charge in [-0.1, -0.05) is 30.3 Å². The first-order valence-electron chi connectivity index (χ1n) is 7.07. The van der Waals surface area contributed by atoms with Gasteiger partial charge in [0.2, 0.25) is 0 Å². The van der Waals surface area contributed by atoms with E-state index in [1.165, 1.54) is 6.07 Å². The van der Waals surface area contributed by atoms with Gasteiger partial charge in [0, 0.05) is 12.6 Å². The quantitative estimate of drug-likeness (QED) is 0.801. The van der Waals surface area contributed by atoms with Crippen LogP contribution in [0.15, 0.2) is 55.0 Å². The van der Waals surface area contributed by atoms with Crippen LogP contribution in [0.1, 0.15) is 22.9 Å². The molecule has 3 aromatic rings. The van der Waals surface area contributed by atoms with Crippen LogP contribution in [0.4, 0.5) is 4.39 Å². The fourth-order valence-corrected chi connectivity index (χ4v) is 2.60.